The zero-order chi connectivity index (χ0) is 24.1. The van der Waals surface area contributed by atoms with Crippen LogP contribution < -0.4 is 4.74 Å². The Morgan fingerprint density at radius 3 is 1.91 bits per heavy atom. The number of ether oxygens (including phenoxy) is 1. The molecule has 0 heterocycles. The summed E-state index contributed by atoms with van der Waals surface area (Å²) >= 11 is 0. The van der Waals surface area contributed by atoms with Crippen molar-refractivity contribution in [3.05, 3.63) is 29.8 Å². The number of hydrogen-bond acceptors (Lipinski definition) is 2. The van der Waals surface area contributed by atoms with Crippen LogP contribution in [0.5, 0.6) is 5.75 Å². The third-order valence-corrected chi connectivity index (χ3v) is 7.67. The highest BCUT2D eigenvalue weighted by Crippen LogP contribution is 2.45. The number of halogens is 5. The van der Waals surface area contributed by atoms with E-state index in [0.717, 1.165) is 49.7 Å². The normalized spacial score (nSPS) is 26.7. The molecule has 186 valence electrons. The molecule has 0 aliphatic heterocycles. The molecule has 0 amide bonds. The first-order valence-electron chi connectivity index (χ1n) is 12.4. The summed E-state index contributed by atoms with van der Waals surface area (Å²) in [6.07, 6.45) is 8.28. The highest BCUT2D eigenvalue weighted by atomic mass is 19.4. The predicted octanol–water partition coefficient (Wildman–Crippen LogP) is 8.44. The van der Waals surface area contributed by atoms with Gasteiger partial charge in [-0.3, -0.25) is 4.79 Å². The van der Waals surface area contributed by atoms with Gasteiger partial charge in [-0.15, -0.1) is 0 Å². The van der Waals surface area contributed by atoms with Gasteiger partial charge in [-0.2, -0.15) is 22.0 Å². The third kappa shape index (κ3) is 6.69. The topological polar surface area (TPSA) is 26.3 Å². The van der Waals surface area contributed by atoms with E-state index in [1.165, 1.54) is 51.4 Å². The van der Waals surface area contributed by atoms with Crippen LogP contribution in [0.25, 0.3) is 0 Å². The zero-order valence-corrected chi connectivity index (χ0v) is 19.3. The minimum Gasteiger partial charge on any atom is -0.426 e. The molecule has 1 aromatic rings. The van der Waals surface area contributed by atoms with Crippen LogP contribution >= 0.6 is 0 Å². The Labute approximate surface area is 193 Å². The van der Waals surface area contributed by atoms with Gasteiger partial charge in [-0.1, -0.05) is 45.4 Å². The number of carbonyl (C=O) groups excluding carboxylic acids is 1. The van der Waals surface area contributed by atoms with Crippen LogP contribution in [-0.4, -0.2) is 12.1 Å². The molecule has 2 aliphatic carbocycles. The van der Waals surface area contributed by atoms with E-state index in [1.807, 2.05) is 0 Å². The second-order valence-corrected chi connectivity index (χ2v) is 9.91. The maximum absolute atomic E-state index is 13.4. The zero-order valence-electron chi connectivity index (χ0n) is 19.3. The summed E-state index contributed by atoms with van der Waals surface area (Å²) in [7, 11) is 0. The van der Waals surface area contributed by atoms with Crippen molar-refractivity contribution in [1.29, 1.82) is 0 Å². The van der Waals surface area contributed by atoms with Gasteiger partial charge in [0, 0.05) is 5.56 Å². The van der Waals surface area contributed by atoms with E-state index in [2.05, 4.69) is 6.92 Å². The van der Waals surface area contributed by atoms with Crippen LogP contribution in [-0.2, 0) is 10.7 Å². The Kier molecular flexibility index (Phi) is 8.79. The molecule has 3 rings (SSSR count). The maximum Gasteiger partial charge on any atom is 0.458 e. The number of carbonyl (C=O) groups is 1. The van der Waals surface area contributed by atoms with Crippen LogP contribution in [0.2, 0.25) is 0 Å². The van der Waals surface area contributed by atoms with Crippen molar-refractivity contribution in [1.82, 2.24) is 0 Å². The van der Waals surface area contributed by atoms with Gasteiger partial charge in [0.2, 0.25) is 0 Å². The molecular formula is C26H35F5O2. The molecule has 0 spiro atoms. The number of rotatable bonds is 8. The minimum absolute atomic E-state index is 0.00903. The third-order valence-electron chi connectivity index (χ3n) is 7.67. The lowest BCUT2D eigenvalue weighted by Gasteiger charge is -2.37. The van der Waals surface area contributed by atoms with Crippen LogP contribution in [0.1, 0.15) is 89.5 Å². The molecule has 33 heavy (non-hydrogen) atoms. The van der Waals surface area contributed by atoms with Gasteiger partial charge in [-0.05, 0) is 80.5 Å². The summed E-state index contributed by atoms with van der Waals surface area (Å²) < 4.78 is 69.5. The lowest BCUT2D eigenvalue weighted by atomic mass is 9.68. The predicted molar refractivity (Wildman–Crippen MR) is 117 cm³/mol. The maximum atomic E-state index is 13.4. The molecule has 2 nitrogen and oxygen atoms in total. The summed E-state index contributed by atoms with van der Waals surface area (Å²) in [5, 5.41) is 0. The summed E-state index contributed by atoms with van der Waals surface area (Å²) in [6, 6.07) is 3.31. The Bertz CT molecular complexity index is 743. The van der Waals surface area contributed by atoms with Crippen molar-refractivity contribution in [2.45, 2.75) is 96.1 Å². The number of hydrogen-bond donors (Lipinski definition) is 0. The number of alkyl halides is 5. The average Bonchev–Trinajstić information content (AvgIpc) is 2.79. The summed E-state index contributed by atoms with van der Waals surface area (Å²) in [5.41, 5.74) is -1.17. The molecule has 0 N–H and O–H groups in total. The van der Waals surface area contributed by atoms with Crippen LogP contribution in [0, 0.1) is 23.7 Å². The number of benzene rings is 1. The summed E-state index contributed by atoms with van der Waals surface area (Å²) in [5.74, 6) is -3.36. The fourth-order valence-electron chi connectivity index (χ4n) is 5.55. The summed E-state index contributed by atoms with van der Waals surface area (Å²) in [4.78, 5) is 12.5. The molecular weight excluding hydrogens is 439 g/mol. The van der Waals surface area contributed by atoms with Crippen molar-refractivity contribution in [2.75, 3.05) is 0 Å². The van der Waals surface area contributed by atoms with Gasteiger partial charge in [-0.25, -0.2) is 0 Å². The second-order valence-electron chi connectivity index (χ2n) is 9.91. The van der Waals surface area contributed by atoms with E-state index in [1.54, 1.807) is 0 Å². The van der Waals surface area contributed by atoms with Crippen molar-refractivity contribution >= 4 is 5.97 Å². The Balaban J connectivity index is 1.43. The van der Waals surface area contributed by atoms with Gasteiger partial charge in [0.05, 0.1) is 5.92 Å². The van der Waals surface area contributed by atoms with E-state index in [9.17, 15) is 26.7 Å². The van der Waals surface area contributed by atoms with Crippen LogP contribution in [0.4, 0.5) is 22.0 Å². The van der Waals surface area contributed by atoms with Gasteiger partial charge in [0.25, 0.3) is 0 Å². The lowest BCUT2D eigenvalue weighted by molar-refractivity contribution is -0.289. The first-order valence-corrected chi connectivity index (χ1v) is 12.4. The molecule has 2 saturated carbocycles. The SMILES string of the molecule is CCCCC[C@H]1CC[C@H]([C@H]2CC[C@H](C(=O)Oc3ccc(C(F)(F)C(F)(F)F)cc3)CC2)CC1. The minimum atomic E-state index is -5.67. The first kappa shape index (κ1) is 26.0. The van der Waals surface area contributed by atoms with Crippen molar-refractivity contribution in [3.63, 3.8) is 0 Å². The van der Waals surface area contributed by atoms with Crippen molar-refractivity contribution in [3.8, 4) is 5.75 Å². The standard InChI is InChI=1S/C26H35F5O2/c1-2-3-4-5-18-6-8-19(9-7-18)20-10-12-21(13-11-20)24(32)33-23-16-14-22(15-17-23)25(27,28)26(29,30)31/h14-21H,2-13H2,1H3/t18-,19-,20-,21-. The molecule has 0 saturated heterocycles. The van der Waals surface area contributed by atoms with Gasteiger partial charge < -0.3 is 4.74 Å². The van der Waals surface area contributed by atoms with E-state index in [-0.39, 0.29) is 11.7 Å². The van der Waals surface area contributed by atoms with Gasteiger partial charge in [0.1, 0.15) is 5.75 Å². The smallest absolute Gasteiger partial charge is 0.426 e. The van der Waals surface area contributed by atoms with Gasteiger partial charge >= 0.3 is 18.1 Å². The molecule has 0 radical (unpaired) electrons. The molecule has 1 aromatic carbocycles. The largest absolute Gasteiger partial charge is 0.458 e. The fourth-order valence-corrected chi connectivity index (χ4v) is 5.55. The lowest BCUT2D eigenvalue weighted by Crippen LogP contribution is -2.33. The Morgan fingerprint density at radius 2 is 1.39 bits per heavy atom. The molecule has 2 fully saturated rings. The van der Waals surface area contributed by atoms with Crippen molar-refractivity contribution < 1.29 is 31.5 Å². The Morgan fingerprint density at radius 1 is 0.848 bits per heavy atom. The van der Waals surface area contributed by atoms with Crippen LogP contribution in [0.15, 0.2) is 24.3 Å². The van der Waals surface area contributed by atoms with E-state index in [4.69, 9.17) is 4.74 Å². The Hall–Kier alpha value is -1.66. The van der Waals surface area contributed by atoms with E-state index < -0.39 is 23.6 Å². The van der Waals surface area contributed by atoms with E-state index in [0.29, 0.717) is 18.1 Å². The highest BCUT2D eigenvalue weighted by molar-refractivity contribution is 5.75. The second kappa shape index (κ2) is 11.2. The highest BCUT2D eigenvalue weighted by Gasteiger charge is 2.58. The number of esters is 1. The molecule has 7 heteroatoms. The quantitative estimate of drug-likeness (QED) is 0.164. The summed E-state index contributed by atoms with van der Waals surface area (Å²) in [6.45, 7) is 2.23. The van der Waals surface area contributed by atoms with Gasteiger partial charge in [0.15, 0.2) is 0 Å². The molecule has 2 aliphatic rings. The average molecular weight is 475 g/mol. The fraction of sp³-hybridized carbons (Fsp3) is 0.731. The number of unbranched alkanes of at least 4 members (excludes halogenated alkanes) is 2. The molecule has 0 atom stereocenters. The molecule has 0 bridgehead atoms. The molecule has 0 aromatic heterocycles. The van der Waals surface area contributed by atoms with Crippen LogP contribution in [0.3, 0.4) is 0 Å². The first-order chi connectivity index (χ1) is 15.6. The molecule has 0 unspecified atom stereocenters. The van der Waals surface area contributed by atoms with Crippen molar-refractivity contribution in [2.24, 2.45) is 23.7 Å². The monoisotopic (exact) mass is 474 g/mol. The van der Waals surface area contributed by atoms with E-state index >= 15 is 0 Å².